The normalized spacial score (nSPS) is 19.0. The van der Waals surface area contributed by atoms with E-state index in [1.807, 2.05) is 12.1 Å². The lowest BCUT2D eigenvalue weighted by Gasteiger charge is -2.34. The molecule has 1 atom stereocenters. The van der Waals surface area contributed by atoms with Gasteiger partial charge < -0.3 is 29.7 Å². The lowest BCUT2D eigenvalue weighted by molar-refractivity contribution is 0.173. The molecule has 6 rings (SSSR count). The maximum Gasteiger partial charge on any atom is 0.229 e. The highest BCUT2D eigenvalue weighted by Gasteiger charge is 2.29. The molecule has 3 aromatic rings. The van der Waals surface area contributed by atoms with Gasteiger partial charge in [-0.05, 0) is 91.1 Å². The number of nitrogens with one attached hydrogen (secondary N) is 2. The zero-order chi connectivity index (χ0) is 27.8. The third kappa shape index (κ3) is 5.59. The molecule has 0 spiro atoms. The van der Waals surface area contributed by atoms with Crippen molar-refractivity contribution in [3.63, 3.8) is 0 Å². The van der Waals surface area contributed by atoms with Crippen molar-refractivity contribution in [1.29, 1.82) is 0 Å². The quantitative estimate of drug-likeness (QED) is 0.355. The molecule has 1 fully saturated rings. The van der Waals surface area contributed by atoms with E-state index < -0.39 is 7.92 Å². The number of fused-ring (bicyclic) bond motifs is 2. The van der Waals surface area contributed by atoms with Crippen LogP contribution >= 0.6 is 23.9 Å². The molecule has 2 N–H and O–H groups in total. The summed E-state index contributed by atoms with van der Waals surface area (Å²) in [5, 5.41) is 8.06. The minimum Gasteiger partial charge on any atom is -0.495 e. The summed E-state index contributed by atoms with van der Waals surface area (Å²) in [6, 6.07) is 9.00. The fraction of sp³-hybridized carbons (Fsp3) is 0.448. The molecule has 1 aromatic heterocycles. The molecule has 9 nitrogen and oxygen atoms in total. The number of likely N-dealkylation sites (N-methyl/N-ethyl adjacent to an activating group) is 1. The molecule has 0 amide bonds. The molecule has 3 aliphatic heterocycles. The van der Waals surface area contributed by atoms with Gasteiger partial charge in [-0.1, -0.05) is 7.92 Å². The minimum absolute atomic E-state index is 0.469. The molecule has 0 bridgehead atoms. The van der Waals surface area contributed by atoms with Crippen molar-refractivity contribution >= 4 is 52.3 Å². The Morgan fingerprint density at radius 2 is 1.93 bits per heavy atom. The summed E-state index contributed by atoms with van der Waals surface area (Å²) >= 11 is 3.63. The average molecular weight is 628 g/mol. The Bertz CT molecular complexity index is 1410. The van der Waals surface area contributed by atoms with Crippen LogP contribution < -0.4 is 30.1 Å². The highest BCUT2D eigenvalue weighted by molar-refractivity contribution is 9.10. The van der Waals surface area contributed by atoms with Crippen LogP contribution in [0.1, 0.15) is 17.5 Å². The number of likely N-dealkylation sites (tertiary alicyclic amines) is 1. The summed E-state index contributed by atoms with van der Waals surface area (Å²) in [5.41, 5.74) is 4.51. The van der Waals surface area contributed by atoms with E-state index in [0.717, 1.165) is 64.5 Å². The van der Waals surface area contributed by atoms with Gasteiger partial charge in [-0.3, -0.25) is 4.90 Å². The molecule has 0 saturated carbocycles. The van der Waals surface area contributed by atoms with E-state index >= 15 is 0 Å². The zero-order valence-electron chi connectivity index (χ0n) is 23.5. The number of ether oxygens (including phenoxy) is 3. The van der Waals surface area contributed by atoms with Gasteiger partial charge in [0.2, 0.25) is 5.95 Å². The van der Waals surface area contributed by atoms with E-state index in [-0.39, 0.29) is 0 Å². The van der Waals surface area contributed by atoms with Crippen molar-refractivity contribution in [1.82, 2.24) is 19.8 Å². The Kier molecular flexibility index (Phi) is 8.04. The van der Waals surface area contributed by atoms with Crippen LogP contribution in [0.4, 0.5) is 23.1 Å². The first kappa shape index (κ1) is 27.5. The Morgan fingerprint density at radius 1 is 1.07 bits per heavy atom. The molecular weight excluding hydrogens is 591 g/mol. The van der Waals surface area contributed by atoms with Crippen LogP contribution in [0.15, 0.2) is 34.9 Å². The van der Waals surface area contributed by atoms with Gasteiger partial charge in [-0.2, -0.15) is 4.98 Å². The predicted octanol–water partition coefficient (Wildman–Crippen LogP) is 4.94. The van der Waals surface area contributed by atoms with Crippen LogP contribution in [-0.4, -0.2) is 86.1 Å². The molecule has 212 valence electrons. The lowest BCUT2D eigenvalue weighted by Crippen LogP contribution is -2.40. The Balaban J connectivity index is 1.24. The lowest BCUT2D eigenvalue weighted by atomic mass is 9.97. The maximum absolute atomic E-state index is 6.01. The monoisotopic (exact) mass is 626 g/mol. The van der Waals surface area contributed by atoms with Crippen LogP contribution in [0.5, 0.6) is 17.2 Å². The smallest absolute Gasteiger partial charge is 0.229 e. The molecule has 3 aliphatic rings. The third-order valence-electron chi connectivity index (χ3n) is 7.82. The van der Waals surface area contributed by atoms with Crippen molar-refractivity contribution in [2.75, 3.05) is 71.0 Å². The van der Waals surface area contributed by atoms with Crippen molar-refractivity contribution in [2.24, 2.45) is 0 Å². The van der Waals surface area contributed by atoms with E-state index in [2.05, 4.69) is 73.9 Å². The largest absolute Gasteiger partial charge is 0.495 e. The second-order valence-electron chi connectivity index (χ2n) is 10.8. The Morgan fingerprint density at radius 3 is 2.70 bits per heavy atom. The average Bonchev–Trinajstić information content (AvgIpc) is 3.40. The van der Waals surface area contributed by atoms with E-state index in [9.17, 15) is 0 Å². The first-order valence-corrected chi connectivity index (χ1v) is 16.7. The number of anilines is 4. The van der Waals surface area contributed by atoms with Crippen molar-refractivity contribution in [3.8, 4) is 17.2 Å². The third-order valence-corrected chi connectivity index (χ3v) is 9.74. The fourth-order valence-electron chi connectivity index (χ4n) is 5.81. The first-order chi connectivity index (χ1) is 19.4. The van der Waals surface area contributed by atoms with E-state index in [4.69, 9.17) is 19.2 Å². The van der Waals surface area contributed by atoms with Crippen LogP contribution in [0.3, 0.4) is 0 Å². The van der Waals surface area contributed by atoms with Gasteiger partial charge in [0, 0.05) is 37.2 Å². The molecule has 1 saturated heterocycles. The summed E-state index contributed by atoms with van der Waals surface area (Å²) in [6.07, 6.45) is 4.02. The maximum atomic E-state index is 6.01. The van der Waals surface area contributed by atoms with Gasteiger partial charge >= 0.3 is 0 Å². The molecule has 40 heavy (non-hydrogen) atoms. The number of nitrogens with zero attached hydrogens (tertiary/aromatic N) is 4. The number of methoxy groups -OCH3 is 1. The summed E-state index contributed by atoms with van der Waals surface area (Å²) in [4.78, 5) is 14.4. The molecular formula is C29H36BrN6O3P. The fourth-order valence-corrected chi connectivity index (χ4v) is 7.29. The topological polar surface area (TPSA) is 84.0 Å². The number of benzene rings is 2. The SMILES string of the molecule is COc1cc2c(cc1Nc1ncc(Br)c(Nc3ccc4c(c3P(C)C)OCCO4)n1)CCN(C1CCN(C)C1)C2. The van der Waals surface area contributed by atoms with Gasteiger partial charge in [0.25, 0.3) is 0 Å². The molecule has 1 unspecified atom stereocenters. The number of halogens is 1. The zero-order valence-corrected chi connectivity index (χ0v) is 25.9. The summed E-state index contributed by atoms with van der Waals surface area (Å²) in [5.74, 6) is 3.58. The van der Waals surface area contributed by atoms with E-state index in [1.54, 1.807) is 13.3 Å². The van der Waals surface area contributed by atoms with Crippen LogP contribution in [0.2, 0.25) is 0 Å². The molecule has 0 radical (unpaired) electrons. The Labute approximate surface area is 245 Å². The van der Waals surface area contributed by atoms with Gasteiger partial charge in [-0.15, -0.1) is 0 Å². The second kappa shape index (κ2) is 11.7. The molecule has 0 aliphatic carbocycles. The highest BCUT2D eigenvalue weighted by atomic mass is 79.9. The van der Waals surface area contributed by atoms with E-state index in [0.29, 0.717) is 31.0 Å². The molecule has 2 aromatic carbocycles. The van der Waals surface area contributed by atoms with Gasteiger partial charge in [-0.25, -0.2) is 4.98 Å². The van der Waals surface area contributed by atoms with Crippen molar-refractivity contribution in [3.05, 3.63) is 46.1 Å². The summed E-state index contributed by atoms with van der Waals surface area (Å²) in [7, 11) is 3.46. The minimum atomic E-state index is -0.469. The number of rotatable bonds is 7. The number of hydrogen-bond acceptors (Lipinski definition) is 9. The van der Waals surface area contributed by atoms with Crippen LogP contribution in [0.25, 0.3) is 0 Å². The standard InChI is InChI=1S/C29H36BrN6O3P/c1-35-9-8-20(17-35)36-10-7-18-13-23(25(37-2)14-19(18)16-36)33-29-31-15-21(30)28(34-29)32-22-5-6-24-26(27(22)40(3)4)39-12-11-38-24/h5-6,13-15,20H,7-12,16-17H2,1-4H3,(H2,31,32,33,34). The molecule has 11 heteroatoms. The van der Waals surface area contributed by atoms with Gasteiger partial charge in [0.05, 0.1) is 23.0 Å². The van der Waals surface area contributed by atoms with Crippen molar-refractivity contribution in [2.45, 2.75) is 25.4 Å². The van der Waals surface area contributed by atoms with Gasteiger partial charge in [0.15, 0.2) is 11.5 Å². The Hall–Kier alpha value is -2.65. The highest BCUT2D eigenvalue weighted by Crippen LogP contribution is 2.42. The predicted molar refractivity (Wildman–Crippen MR) is 165 cm³/mol. The van der Waals surface area contributed by atoms with E-state index in [1.165, 1.54) is 24.1 Å². The summed E-state index contributed by atoms with van der Waals surface area (Å²) in [6.45, 7) is 9.91. The summed E-state index contributed by atoms with van der Waals surface area (Å²) < 4.78 is 18.4. The molecule has 4 heterocycles. The number of aromatic nitrogens is 2. The number of hydrogen-bond donors (Lipinski definition) is 2. The first-order valence-electron chi connectivity index (χ1n) is 13.7. The van der Waals surface area contributed by atoms with Gasteiger partial charge in [0.1, 0.15) is 24.8 Å². The van der Waals surface area contributed by atoms with Crippen molar-refractivity contribution < 1.29 is 14.2 Å². The second-order valence-corrected chi connectivity index (χ2v) is 13.9. The van der Waals surface area contributed by atoms with Crippen LogP contribution in [0, 0.1) is 0 Å². The van der Waals surface area contributed by atoms with Crippen LogP contribution in [-0.2, 0) is 13.0 Å².